The average Bonchev–Trinajstić information content (AvgIpc) is 3.25. The highest BCUT2D eigenvalue weighted by Gasteiger charge is 2.13. The second-order valence-corrected chi connectivity index (χ2v) is 5.95. The van der Waals surface area contributed by atoms with Gasteiger partial charge in [0.1, 0.15) is 18.1 Å². The van der Waals surface area contributed by atoms with Crippen LogP contribution >= 0.6 is 0 Å². The summed E-state index contributed by atoms with van der Waals surface area (Å²) in [7, 11) is 1.57. The lowest BCUT2D eigenvalue weighted by molar-refractivity contribution is 0.0987. The number of carbonyl (C=O) groups excluding carboxylic acids is 1. The van der Waals surface area contributed by atoms with Gasteiger partial charge in [0, 0.05) is 24.3 Å². The van der Waals surface area contributed by atoms with Crippen molar-refractivity contribution >= 4 is 11.6 Å². The number of benzene rings is 1. The minimum atomic E-state index is -0.312. The van der Waals surface area contributed by atoms with Crippen LogP contribution in [0.25, 0.3) is 11.5 Å². The van der Waals surface area contributed by atoms with E-state index in [2.05, 4.69) is 24.1 Å². The van der Waals surface area contributed by atoms with Gasteiger partial charge >= 0.3 is 0 Å². The van der Waals surface area contributed by atoms with Gasteiger partial charge in [0.15, 0.2) is 5.76 Å². The zero-order valence-electron chi connectivity index (χ0n) is 14.4. The summed E-state index contributed by atoms with van der Waals surface area (Å²) in [5.74, 6) is 2.23. The van der Waals surface area contributed by atoms with E-state index in [1.54, 1.807) is 37.6 Å². The third-order valence-electron chi connectivity index (χ3n) is 3.65. The van der Waals surface area contributed by atoms with E-state index in [1.807, 2.05) is 12.1 Å². The van der Waals surface area contributed by atoms with Gasteiger partial charge in [-0.05, 0) is 36.4 Å². The van der Waals surface area contributed by atoms with Gasteiger partial charge in [0.25, 0.3) is 5.91 Å². The maximum atomic E-state index is 12.2. The fraction of sp³-hybridized carbons (Fsp3) is 0.263. The van der Waals surface area contributed by atoms with Gasteiger partial charge in [-0.3, -0.25) is 4.79 Å². The number of anilines is 1. The molecule has 0 fully saturated rings. The number of rotatable bonds is 6. The van der Waals surface area contributed by atoms with Crippen molar-refractivity contribution in [3.05, 3.63) is 59.9 Å². The Hall–Kier alpha value is -2.86. The SMILES string of the molecule is COCc1ccc(C(=O)Nc2ccc(-c3ncc(C(C)C)o3)cc2)o1. The summed E-state index contributed by atoms with van der Waals surface area (Å²) in [5.41, 5.74) is 1.51. The van der Waals surface area contributed by atoms with Gasteiger partial charge in [0.05, 0.1) is 6.20 Å². The van der Waals surface area contributed by atoms with Crippen LogP contribution in [0.2, 0.25) is 0 Å². The van der Waals surface area contributed by atoms with Gasteiger partial charge in [0.2, 0.25) is 5.89 Å². The monoisotopic (exact) mass is 340 g/mol. The smallest absolute Gasteiger partial charge is 0.291 e. The molecule has 6 heteroatoms. The van der Waals surface area contributed by atoms with E-state index in [-0.39, 0.29) is 17.6 Å². The molecular weight excluding hydrogens is 320 g/mol. The van der Waals surface area contributed by atoms with Gasteiger partial charge in [-0.25, -0.2) is 4.98 Å². The average molecular weight is 340 g/mol. The molecule has 130 valence electrons. The first-order valence-corrected chi connectivity index (χ1v) is 8.02. The molecule has 0 aliphatic rings. The molecule has 6 nitrogen and oxygen atoms in total. The molecule has 3 aromatic rings. The highest BCUT2D eigenvalue weighted by atomic mass is 16.5. The summed E-state index contributed by atoms with van der Waals surface area (Å²) >= 11 is 0. The largest absolute Gasteiger partial charge is 0.453 e. The van der Waals surface area contributed by atoms with Crippen LogP contribution < -0.4 is 5.32 Å². The Labute approximate surface area is 145 Å². The topological polar surface area (TPSA) is 77.5 Å². The Morgan fingerprint density at radius 2 is 1.92 bits per heavy atom. The number of methoxy groups -OCH3 is 1. The molecule has 0 saturated heterocycles. The van der Waals surface area contributed by atoms with Crippen LogP contribution in [-0.2, 0) is 11.3 Å². The summed E-state index contributed by atoms with van der Waals surface area (Å²) in [6.07, 6.45) is 1.74. The van der Waals surface area contributed by atoms with E-state index in [4.69, 9.17) is 13.6 Å². The lowest BCUT2D eigenvalue weighted by Gasteiger charge is -2.04. The fourth-order valence-electron chi connectivity index (χ4n) is 2.30. The quantitative estimate of drug-likeness (QED) is 0.717. The maximum absolute atomic E-state index is 12.2. The molecular formula is C19H20N2O4. The number of hydrogen-bond donors (Lipinski definition) is 1. The number of hydrogen-bond acceptors (Lipinski definition) is 5. The van der Waals surface area contributed by atoms with Crippen LogP contribution in [0.1, 0.15) is 41.8 Å². The van der Waals surface area contributed by atoms with Crippen LogP contribution in [0.4, 0.5) is 5.69 Å². The number of oxazole rings is 1. The third-order valence-corrected chi connectivity index (χ3v) is 3.65. The number of nitrogens with zero attached hydrogens (tertiary/aromatic N) is 1. The number of aromatic nitrogens is 1. The first-order chi connectivity index (χ1) is 12.1. The van der Waals surface area contributed by atoms with Crippen molar-refractivity contribution in [3.63, 3.8) is 0 Å². The Kier molecular flexibility index (Phi) is 5.00. The van der Waals surface area contributed by atoms with Crippen molar-refractivity contribution in [2.24, 2.45) is 0 Å². The Morgan fingerprint density at radius 3 is 2.56 bits per heavy atom. The molecule has 2 aromatic heterocycles. The molecule has 1 aromatic carbocycles. The molecule has 0 saturated carbocycles. The summed E-state index contributed by atoms with van der Waals surface area (Å²) in [5, 5.41) is 2.79. The minimum absolute atomic E-state index is 0.241. The molecule has 25 heavy (non-hydrogen) atoms. The molecule has 1 N–H and O–H groups in total. The number of carbonyl (C=O) groups is 1. The van der Waals surface area contributed by atoms with Crippen molar-refractivity contribution in [1.29, 1.82) is 0 Å². The summed E-state index contributed by atoms with van der Waals surface area (Å²) < 4.78 is 16.1. The molecule has 0 radical (unpaired) electrons. The Morgan fingerprint density at radius 1 is 1.16 bits per heavy atom. The number of ether oxygens (including phenoxy) is 1. The van der Waals surface area contributed by atoms with Crippen LogP contribution in [-0.4, -0.2) is 18.0 Å². The van der Waals surface area contributed by atoms with Crippen molar-refractivity contribution < 1.29 is 18.4 Å². The van der Waals surface area contributed by atoms with E-state index in [1.165, 1.54) is 0 Å². The highest BCUT2D eigenvalue weighted by Crippen LogP contribution is 2.24. The molecule has 0 aliphatic heterocycles. The Balaban J connectivity index is 1.68. The van der Waals surface area contributed by atoms with E-state index in [9.17, 15) is 4.79 Å². The van der Waals surface area contributed by atoms with Crippen molar-refractivity contribution in [1.82, 2.24) is 4.98 Å². The number of nitrogens with one attached hydrogen (secondary N) is 1. The maximum Gasteiger partial charge on any atom is 0.291 e. The molecule has 3 rings (SSSR count). The van der Waals surface area contributed by atoms with Gasteiger partial charge in [-0.1, -0.05) is 13.8 Å². The van der Waals surface area contributed by atoms with Crippen LogP contribution in [0.5, 0.6) is 0 Å². The molecule has 0 spiro atoms. The zero-order chi connectivity index (χ0) is 17.8. The second-order valence-electron chi connectivity index (χ2n) is 5.95. The molecule has 0 aliphatic carbocycles. The van der Waals surface area contributed by atoms with Gasteiger partial charge in [-0.15, -0.1) is 0 Å². The van der Waals surface area contributed by atoms with E-state index >= 15 is 0 Å². The zero-order valence-corrected chi connectivity index (χ0v) is 14.4. The molecule has 0 atom stereocenters. The summed E-state index contributed by atoms with van der Waals surface area (Å²) in [4.78, 5) is 16.5. The minimum Gasteiger partial charge on any atom is -0.453 e. The standard InChI is InChI=1S/C19H20N2O4/c1-12(2)17-10-20-19(25-17)13-4-6-14(7-5-13)21-18(22)16-9-8-15(24-16)11-23-3/h4-10,12H,11H2,1-3H3,(H,21,22). The van der Waals surface area contributed by atoms with Gasteiger partial charge < -0.3 is 18.9 Å². The lowest BCUT2D eigenvalue weighted by Crippen LogP contribution is -2.10. The molecule has 2 heterocycles. The van der Waals surface area contributed by atoms with E-state index in [0.717, 1.165) is 11.3 Å². The molecule has 0 unspecified atom stereocenters. The normalized spacial score (nSPS) is 11.0. The van der Waals surface area contributed by atoms with Crippen LogP contribution in [0.3, 0.4) is 0 Å². The van der Waals surface area contributed by atoms with E-state index < -0.39 is 0 Å². The summed E-state index contributed by atoms with van der Waals surface area (Å²) in [6.45, 7) is 4.43. The lowest BCUT2D eigenvalue weighted by atomic mass is 10.2. The summed E-state index contributed by atoms with van der Waals surface area (Å²) in [6, 6.07) is 10.6. The predicted octanol–water partition coefficient (Wildman–Crippen LogP) is 4.46. The van der Waals surface area contributed by atoms with E-state index in [0.29, 0.717) is 23.9 Å². The second kappa shape index (κ2) is 7.36. The number of amides is 1. The molecule has 0 bridgehead atoms. The van der Waals surface area contributed by atoms with Crippen LogP contribution in [0, 0.1) is 0 Å². The van der Waals surface area contributed by atoms with Crippen LogP contribution in [0.15, 0.2) is 51.4 Å². The predicted molar refractivity (Wildman–Crippen MR) is 93.4 cm³/mol. The molecule has 1 amide bonds. The van der Waals surface area contributed by atoms with Crippen molar-refractivity contribution in [2.75, 3.05) is 12.4 Å². The van der Waals surface area contributed by atoms with Crippen molar-refractivity contribution in [3.8, 4) is 11.5 Å². The highest BCUT2D eigenvalue weighted by molar-refractivity contribution is 6.02. The third kappa shape index (κ3) is 3.97. The first kappa shape index (κ1) is 17.0. The fourth-order valence-corrected chi connectivity index (χ4v) is 2.30. The number of furan rings is 1. The van der Waals surface area contributed by atoms with Crippen molar-refractivity contribution in [2.45, 2.75) is 26.4 Å². The first-order valence-electron chi connectivity index (χ1n) is 8.02. The Bertz CT molecular complexity index is 846. The van der Waals surface area contributed by atoms with Gasteiger partial charge in [-0.2, -0.15) is 0 Å².